The maximum absolute atomic E-state index is 13.0. The molecule has 1 N–H and O–H groups in total. The summed E-state index contributed by atoms with van der Waals surface area (Å²) in [4.78, 5) is 18.6. The summed E-state index contributed by atoms with van der Waals surface area (Å²) in [5.74, 6) is -0.00263. The molecule has 1 aliphatic rings. The van der Waals surface area contributed by atoms with E-state index < -0.39 is 0 Å². The molecule has 0 fully saturated rings. The molecule has 152 valence electrons. The smallest absolute Gasteiger partial charge is 0.249 e. The van der Waals surface area contributed by atoms with Gasteiger partial charge in [-0.2, -0.15) is 0 Å². The minimum Gasteiger partial charge on any atom is -0.382 e. The van der Waals surface area contributed by atoms with E-state index in [0.717, 1.165) is 27.7 Å². The van der Waals surface area contributed by atoms with E-state index in [1.807, 2.05) is 11.0 Å². The number of aromatic nitrogens is 1. The van der Waals surface area contributed by atoms with Gasteiger partial charge < -0.3 is 19.4 Å². The molecule has 0 radical (unpaired) electrons. The van der Waals surface area contributed by atoms with Gasteiger partial charge >= 0.3 is 0 Å². The monoisotopic (exact) mass is 456 g/mol. The molecule has 0 spiro atoms. The summed E-state index contributed by atoms with van der Waals surface area (Å²) in [5.41, 5.74) is 5.79. The van der Waals surface area contributed by atoms with Gasteiger partial charge in [-0.1, -0.05) is 45.8 Å². The predicted octanol–water partition coefficient (Wildman–Crippen LogP) is 4.38. The Morgan fingerprint density at radius 1 is 1.21 bits per heavy atom. The summed E-state index contributed by atoms with van der Waals surface area (Å²) in [6.07, 6.45) is 0.817. The number of hydrogen-bond acceptors (Lipinski definition) is 3. The van der Waals surface area contributed by atoms with Crippen molar-refractivity contribution in [3.05, 3.63) is 69.3 Å². The number of H-pyrrole nitrogens is 1. The first-order valence-electron chi connectivity index (χ1n) is 9.81. The molecular weight excluding hydrogens is 432 g/mol. The highest BCUT2D eigenvalue weighted by molar-refractivity contribution is 9.10. The molecule has 1 aliphatic heterocycles. The van der Waals surface area contributed by atoms with E-state index in [0.29, 0.717) is 19.8 Å². The van der Waals surface area contributed by atoms with Gasteiger partial charge in [-0.05, 0) is 42.7 Å². The van der Waals surface area contributed by atoms with E-state index in [9.17, 15) is 4.79 Å². The summed E-state index contributed by atoms with van der Waals surface area (Å²) >= 11 is 3.58. The van der Waals surface area contributed by atoms with Crippen LogP contribution in [0.3, 0.4) is 0 Å². The average Bonchev–Trinajstić information content (AvgIpc) is 3.09. The number of aromatic amines is 1. The Morgan fingerprint density at radius 3 is 2.76 bits per heavy atom. The number of halogens is 1. The third-order valence-electron chi connectivity index (χ3n) is 5.46. The van der Waals surface area contributed by atoms with Crippen molar-refractivity contribution < 1.29 is 14.3 Å². The number of nitrogens with zero attached hydrogens (tertiary/aromatic N) is 1. The summed E-state index contributed by atoms with van der Waals surface area (Å²) in [7, 11) is 1.62. The number of carbonyl (C=O) groups excluding carboxylic acids is 1. The van der Waals surface area contributed by atoms with Crippen LogP contribution in [0.4, 0.5) is 0 Å². The molecule has 0 saturated heterocycles. The second kappa shape index (κ2) is 8.69. The third kappa shape index (κ3) is 4.10. The fourth-order valence-corrected chi connectivity index (χ4v) is 4.37. The van der Waals surface area contributed by atoms with Crippen molar-refractivity contribution in [2.24, 2.45) is 0 Å². The Bertz CT molecular complexity index is 1010. The zero-order valence-corrected chi connectivity index (χ0v) is 18.3. The van der Waals surface area contributed by atoms with Gasteiger partial charge in [0.2, 0.25) is 5.91 Å². The van der Waals surface area contributed by atoms with Gasteiger partial charge in [0.05, 0.1) is 19.3 Å². The molecule has 0 saturated carbocycles. The first-order chi connectivity index (χ1) is 14.1. The maximum atomic E-state index is 13.0. The topological polar surface area (TPSA) is 54.6 Å². The lowest BCUT2D eigenvalue weighted by molar-refractivity contribution is -0.138. The lowest BCUT2D eigenvalue weighted by atomic mass is 9.92. The van der Waals surface area contributed by atoms with E-state index in [1.54, 1.807) is 7.11 Å². The van der Waals surface area contributed by atoms with Gasteiger partial charge in [-0.3, -0.25) is 4.79 Å². The van der Waals surface area contributed by atoms with Crippen LogP contribution in [0, 0.1) is 6.92 Å². The van der Waals surface area contributed by atoms with E-state index in [4.69, 9.17) is 9.47 Å². The van der Waals surface area contributed by atoms with Crippen molar-refractivity contribution >= 4 is 32.7 Å². The van der Waals surface area contributed by atoms with Crippen LogP contribution in [0.2, 0.25) is 0 Å². The fraction of sp³-hybridized carbons (Fsp3) is 0.348. The van der Waals surface area contributed by atoms with Crippen LogP contribution in [0.5, 0.6) is 0 Å². The number of benzene rings is 2. The number of methoxy groups -OCH3 is 1. The van der Waals surface area contributed by atoms with Crippen LogP contribution >= 0.6 is 15.9 Å². The minimum absolute atomic E-state index is 0.00263. The normalized spacial score (nSPS) is 16.2. The first kappa shape index (κ1) is 20.1. The van der Waals surface area contributed by atoms with Gasteiger partial charge in [0.15, 0.2) is 0 Å². The maximum Gasteiger partial charge on any atom is 0.249 e. The molecule has 1 unspecified atom stereocenters. The molecule has 2 aromatic carbocycles. The predicted molar refractivity (Wildman–Crippen MR) is 117 cm³/mol. The Labute approximate surface area is 179 Å². The number of carbonyl (C=O) groups is 1. The number of fused-ring (bicyclic) bond motifs is 3. The van der Waals surface area contributed by atoms with Crippen molar-refractivity contribution in [2.75, 3.05) is 33.5 Å². The Morgan fingerprint density at radius 2 is 2.00 bits per heavy atom. The molecule has 1 aromatic heterocycles. The molecule has 5 nitrogen and oxygen atoms in total. The SMILES string of the molecule is COCCOCC(=O)N1CCc2c([nH]c3ccc(Br)cc23)C1c1ccc(C)cc1. The van der Waals surface area contributed by atoms with E-state index in [-0.39, 0.29) is 18.6 Å². The highest BCUT2D eigenvalue weighted by Gasteiger charge is 2.34. The standard InChI is InChI=1S/C23H25BrN2O3/c1-15-3-5-16(6-4-15)23-22-18(19-13-17(24)7-8-20(19)25-22)9-10-26(23)21(27)14-29-12-11-28-2/h3-8,13,23,25H,9-12,14H2,1-2H3. The molecule has 1 amide bonds. The Hall–Kier alpha value is -2.15. The van der Waals surface area contributed by atoms with Crippen molar-refractivity contribution in [1.82, 2.24) is 9.88 Å². The molecule has 29 heavy (non-hydrogen) atoms. The van der Waals surface area contributed by atoms with Crippen molar-refractivity contribution in [3.63, 3.8) is 0 Å². The molecule has 0 aliphatic carbocycles. The quantitative estimate of drug-likeness (QED) is 0.560. The highest BCUT2D eigenvalue weighted by Crippen LogP contribution is 2.39. The van der Waals surface area contributed by atoms with Gasteiger partial charge in [0.1, 0.15) is 6.61 Å². The third-order valence-corrected chi connectivity index (χ3v) is 5.95. The van der Waals surface area contributed by atoms with Gasteiger partial charge in [-0.25, -0.2) is 0 Å². The van der Waals surface area contributed by atoms with Gasteiger partial charge in [0.25, 0.3) is 0 Å². The first-order valence-corrected chi connectivity index (χ1v) is 10.6. The van der Waals surface area contributed by atoms with Gasteiger partial charge in [-0.15, -0.1) is 0 Å². The van der Waals surface area contributed by atoms with Crippen LogP contribution in [-0.2, 0) is 20.7 Å². The molecule has 6 heteroatoms. The molecule has 4 rings (SSSR count). The Kier molecular flexibility index (Phi) is 6.04. The van der Waals surface area contributed by atoms with Crippen molar-refractivity contribution in [2.45, 2.75) is 19.4 Å². The van der Waals surface area contributed by atoms with Crippen LogP contribution in [0.1, 0.15) is 28.4 Å². The number of amides is 1. The largest absolute Gasteiger partial charge is 0.382 e. The fourth-order valence-electron chi connectivity index (χ4n) is 4.01. The van der Waals surface area contributed by atoms with Crippen LogP contribution in [0.15, 0.2) is 46.9 Å². The molecule has 1 atom stereocenters. The summed E-state index contributed by atoms with van der Waals surface area (Å²) in [6.45, 7) is 3.69. The highest BCUT2D eigenvalue weighted by atomic mass is 79.9. The Balaban J connectivity index is 1.72. The summed E-state index contributed by atoms with van der Waals surface area (Å²) < 4.78 is 11.6. The molecule has 2 heterocycles. The number of aryl methyl sites for hydroxylation is 1. The lowest BCUT2D eigenvalue weighted by Crippen LogP contribution is -2.42. The lowest BCUT2D eigenvalue weighted by Gasteiger charge is -2.36. The van der Waals surface area contributed by atoms with E-state index in [1.165, 1.54) is 16.5 Å². The minimum atomic E-state index is -0.149. The van der Waals surface area contributed by atoms with E-state index in [2.05, 4.69) is 64.2 Å². The van der Waals surface area contributed by atoms with E-state index >= 15 is 0 Å². The number of rotatable bonds is 6. The van der Waals surface area contributed by atoms with Crippen molar-refractivity contribution in [3.8, 4) is 0 Å². The van der Waals surface area contributed by atoms with Crippen LogP contribution in [-0.4, -0.2) is 49.3 Å². The zero-order chi connectivity index (χ0) is 20.4. The summed E-state index contributed by atoms with van der Waals surface area (Å²) in [5, 5.41) is 1.22. The second-order valence-corrected chi connectivity index (χ2v) is 8.32. The van der Waals surface area contributed by atoms with Crippen molar-refractivity contribution in [1.29, 1.82) is 0 Å². The zero-order valence-electron chi connectivity index (χ0n) is 16.7. The molecule has 0 bridgehead atoms. The van der Waals surface area contributed by atoms with Crippen LogP contribution in [0.25, 0.3) is 10.9 Å². The number of ether oxygens (including phenoxy) is 2. The number of hydrogen-bond donors (Lipinski definition) is 1. The second-order valence-electron chi connectivity index (χ2n) is 7.40. The molecular formula is C23H25BrN2O3. The average molecular weight is 457 g/mol. The summed E-state index contributed by atoms with van der Waals surface area (Å²) in [6, 6.07) is 14.6. The molecule has 3 aromatic rings. The van der Waals surface area contributed by atoms with Crippen LogP contribution < -0.4 is 0 Å². The number of nitrogens with one attached hydrogen (secondary N) is 1. The van der Waals surface area contributed by atoms with Gasteiger partial charge in [0, 0.05) is 34.7 Å².